The number of anilines is 1. The lowest BCUT2D eigenvalue weighted by Gasteiger charge is -2.42. The maximum absolute atomic E-state index is 13.5. The van der Waals surface area contributed by atoms with Crippen LogP contribution < -0.4 is 5.32 Å². The molecule has 0 amide bonds. The Bertz CT molecular complexity index is 1330. The first-order valence-corrected chi connectivity index (χ1v) is 10.3. The standard InChI is InChI=1S/C26H19NO5/c1-13(28)20-17-10-4-2-3-5-11-18(29)21(20)16-12-19(30)22-23(24(16)27-17)26(32)15-9-7-6-8-14(15)25(22)31/h2-3,6-9,12-13,17-18,20-21,27-30H,1H3/b3-2-/t13?,17-,18+,20?,21?/m0/s1. The molecule has 0 saturated carbocycles. The van der Waals surface area contributed by atoms with Crippen LogP contribution >= 0.6 is 0 Å². The fraction of sp³-hybridized carbons (Fsp3) is 0.231. The van der Waals surface area contributed by atoms with Gasteiger partial charge in [-0.05, 0) is 30.7 Å². The molecule has 1 heterocycles. The molecule has 2 aliphatic carbocycles. The van der Waals surface area contributed by atoms with Crippen LogP contribution in [0.4, 0.5) is 5.69 Å². The lowest BCUT2D eigenvalue weighted by molar-refractivity contribution is 0.0646. The van der Waals surface area contributed by atoms with E-state index in [0.29, 0.717) is 11.3 Å². The second-order valence-corrected chi connectivity index (χ2v) is 8.14. The number of aromatic hydroxyl groups is 1. The highest BCUT2D eigenvalue weighted by Crippen LogP contribution is 2.48. The van der Waals surface area contributed by atoms with Gasteiger partial charge in [0.1, 0.15) is 11.9 Å². The van der Waals surface area contributed by atoms with Gasteiger partial charge in [-0.25, -0.2) is 0 Å². The molecule has 0 saturated heterocycles. The van der Waals surface area contributed by atoms with E-state index in [-0.39, 0.29) is 28.0 Å². The number of aliphatic hydroxyl groups excluding tert-OH is 2. The molecule has 4 N–H and O–H groups in total. The number of carbonyl (C=O) groups is 2. The van der Waals surface area contributed by atoms with E-state index in [1.807, 2.05) is 0 Å². The van der Waals surface area contributed by atoms with E-state index >= 15 is 0 Å². The first-order chi connectivity index (χ1) is 15.4. The van der Waals surface area contributed by atoms with E-state index in [0.717, 1.165) is 0 Å². The molecule has 2 aromatic rings. The fourth-order valence-electron chi connectivity index (χ4n) is 4.92. The maximum Gasteiger partial charge on any atom is 0.198 e. The van der Waals surface area contributed by atoms with Crippen LogP contribution in [0.25, 0.3) is 0 Å². The quantitative estimate of drug-likeness (QED) is 0.351. The molecule has 6 heteroatoms. The molecule has 2 bridgehead atoms. The van der Waals surface area contributed by atoms with Crippen molar-refractivity contribution >= 4 is 17.3 Å². The summed E-state index contributed by atoms with van der Waals surface area (Å²) in [6, 6.07) is 7.24. The van der Waals surface area contributed by atoms with Gasteiger partial charge in [0, 0.05) is 23.0 Å². The monoisotopic (exact) mass is 425 g/mol. The predicted octanol–water partition coefficient (Wildman–Crippen LogP) is 1.98. The highest BCUT2D eigenvalue weighted by molar-refractivity contribution is 6.31. The Morgan fingerprint density at radius 2 is 1.62 bits per heavy atom. The van der Waals surface area contributed by atoms with E-state index in [9.17, 15) is 24.9 Å². The summed E-state index contributed by atoms with van der Waals surface area (Å²) in [4.78, 5) is 26.7. The van der Waals surface area contributed by atoms with Gasteiger partial charge in [0.25, 0.3) is 0 Å². The minimum atomic E-state index is -1.19. The normalized spacial score (nSPS) is 26.6. The zero-order valence-electron chi connectivity index (χ0n) is 17.1. The van der Waals surface area contributed by atoms with Crippen LogP contribution in [0.2, 0.25) is 0 Å². The Labute approximate surface area is 184 Å². The van der Waals surface area contributed by atoms with Gasteiger partial charge in [-0.1, -0.05) is 47.9 Å². The van der Waals surface area contributed by atoms with E-state index < -0.39 is 41.7 Å². The van der Waals surface area contributed by atoms with Crippen LogP contribution in [0, 0.1) is 29.6 Å². The van der Waals surface area contributed by atoms with Crippen molar-refractivity contribution in [2.45, 2.75) is 31.1 Å². The van der Waals surface area contributed by atoms with Crippen LogP contribution in [-0.2, 0) is 0 Å². The largest absolute Gasteiger partial charge is 0.507 e. The molecule has 32 heavy (non-hydrogen) atoms. The van der Waals surface area contributed by atoms with Gasteiger partial charge in [0.15, 0.2) is 11.6 Å². The minimum Gasteiger partial charge on any atom is -0.507 e. The number of hydrogen-bond acceptors (Lipinski definition) is 6. The second kappa shape index (κ2) is 7.39. The molecule has 5 atom stereocenters. The second-order valence-electron chi connectivity index (χ2n) is 8.14. The maximum atomic E-state index is 13.5. The predicted molar refractivity (Wildman–Crippen MR) is 117 cm³/mol. The molecule has 3 aliphatic rings. The van der Waals surface area contributed by atoms with Gasteiger partial charge in [-0.15, -0.1) is 0 Å². The number of phenols is 1. The third kappa shape index (κ3) is 2.85. The molecule has 158 valence electrons. The summed E-state index contributed by atoms with van der Waals surface area (Å²) >= 11 is 0. The molecule has 6 nitrogen and oxygen atoms in total. The molecular formula is C26H19NO5. The SMILES string of the molecule is CC(O)C1C2c3cc(O)c4c(c3N[C@H]1C#C/C=C\C#C[C@H]2O)C(=O)c1ccccc1C4=O. The molecule has 0 spiro atoms. The summed E-state index contributed by atoms with van der Waals surface area (Å²) < 4.78 is 0. The van der Waals surface area contributed by atoms with E-state index in [4.69, 9.17) is 0 Å². The summed E-state index contributed by atoms with van der Waals surface area (Å²) in [5, 5.41) is 35.6. The first-order valence-electron chi connectivity index (χ1n) is 10.3. The van der Waals surface area contributed by atoms with Crippen molar-refractivity contribution < 1.29 is 24.9 Å². The van der Waals surface area contributed by atoms with Gasteiger partial charge in [-0.2, -0.15) is 0 Å². The number of ketones is 2. The Kier molecular flexibility index (Phi) is 4.64. The van der Waals surface area contributed by atoms with Crippen molar-refractivity contribution in [2.24, 2.45) is 5.92 Å². The van der Waals surface area contributed by atoms with Crippen LogP contribution in [0.15, 0.2) is 42.5 Å². The van der Waals surface area contributed by atoms with E-state index in [1.165, 1.54) is 12.1 Å². The molecule has 0 fully saturated rings. The zero-order chi connectivity index (χ0) is 22.6. The molecule has 0 aromatic heterocycles. The summed E-state index contributed by atoms with van der Waals surface area (Å²) in [6.45, 7) is 1.60. The molecule has 1 aliphatic heterocycles. The van der Waals surface area contributed by atoms with Crippen molar-refractivity contribution in [1.29, 1.82) is 0 Å². The average molecular weight is 425 g/mol. The number of carbonyl (C=O) groups excluding carboxylic acids is 2. The molecule has 3 unspecified atom stereocenters. The van der Waals surface area contributed by atoms with E-state index in [2.05, 4.69) is 29.0 Å². The summed E-state index contributed by atoms with van der Waals surface area (Å²) in [6.07, 6.45) is 1.00. The molecule has 5 rings (SSSR count). The van der Waals surface area contributed by atoms with Gasteiger partial charge in [-0.3, -0.25) is 9.59 Å². The van der Waals surface area contributed by atoms with Crippen LogP contribution in [0.1, 0.15) is 50.2 Å². The Balaban J connectivity index is 1.81. The lowest BCUT2D eigenvalue weighted by Crippen LogP contribution is -2.47. The van der Waals surface area contributed by atoms with Crippen LogP contribution in [0.5, 0.6) is 5.75 Å². The summed E-state index contributed by atoms with van der Waals surface area (Å²) in [7, 11) is 0. The number of allylic oxidation sites excluding steroid dienone is 2. The minimum absolute atomic E-state index is 0.0531. The number of aliphatic hydroxyl groups is 2. The molecular weight excluding hydrogens is 406 g/mol. The van der Waals surface area contributed by atoms with Crippen LogP contribution in [-0.4, -0.2) is 45.1 Å². The number of rotatable bonds is 1. The van der Waals surface area contributed by atoms with Crippen molar-refractivity contribution in [3.63, 3.8) is 0 Å². The third-order valence-corrected chi connectivity index (χ3v) is 6.28. The van der Waals surface area contributed by atoms with Gasteiger partial charge < -0.3 is 20.6 Å². The van der Waals surface area contributed by atoms with Crippen molar-refractivity contribution in [2.75, 3.05) is 5.32 Å². The smallest absolute Gasteiger partial charge is 0.198 e. The van der Waals surface area contributed by atoms with Gasteiger partial charge in [0.05, 0.1) is 29.0 Å². The Morgan fingerprint density at radius 3 is 2.28 bits per heavy atom. The van der Waals surface area contributed by atoms with Gasteiger partial charge in [0.2, 0.25) is 0 Å². The topological polar surface area (TPSA) is 107 Å². The lowest BCUT2D eigenvalue weighted by atomic mass is 9.69. The van der Waals surface area contributed by atoms with Crippen molar-refractivity contribution in [3.8, 4) is 29.4 Å². The van der Waals surface area contributed by atoms with Crippen molar-refractivity contribution in [3.05, 3.63) is 70.3 Å². The number of phenolic OH excluding ortho intramolecular Hbond substituents is 1. The fourth-order valence-corrected chi connectivity index (χ4v) is 4.92. The van der Waals surface area contributed by atoms with Gasteiger partial charge >= 0.3 is 0 Å². The van der Waals surface area contributed by atoms with Crippen molar-refractivity contribution in [1.82, 2.24) is 0 Å². The third-order valence-electron chi connectivity index (χ3n) is 6.28. The molecule has 0 radical (unpaired) electrons. The zero-order valence-corrected chi connectivity index (χ0v) is 17.1. The summed E-state index contributed by atoms with van der Waals surface area (Å²) in [5.41, 5.74) is 1.21. The molecule has 2 aromatic carbocycles. The summed E-state index contributed by atoms with van der Waals surface area (Å²) in [5.74, 6) is 8.87. The number of hydrogen-bond donors (Lipinski definition) is 4. The Hall–Kier alpha value is -3.84. The average Bonchev–Trinajstić information content (AvgIpc) is 2.77. The number of benzene rings is 2. The number of fused-ring (bicyclic) bond motifs is 7. The Morgan fingerprint density at radius 1 is 1.00 bits per heavy atom. The first kappa shape index (κ1) is 20.1. The highest BCUT2D eigenvalue weighted by atomic mass is 16.3. The van der Waals surface area contributed by atoms with E-state index in [1.54, 1.807) is 37.3 Å². The number of nitrogens with one attached hydrogen (secondary N) is 1. The highest BCUT2D eigenvalue weighted by Gasteiger charge is 2.46. The van der Waals surface area contributed by atoms with Crippen LogP contribution in [0.3, 0.4) is 0 Å².